The van der Waals surface area contributed by atoms with Crippen molar-refractivity contribution in [3.63, 3.8) is 0 Å². The second-order valence-electron chi connectivity index (χ2n) is 6.98. The molecule has 0 aliphatic carbocycles. The van der Waals surface area contributed by atoms with Crippen molar-refractivity contribution < 1.29 is 34.4 Å². The van der Waals surface area contributed by atoms with Crippen molar-refractivity contribution in [1.82, 2.24) is 0 Å². The van der Waals surface area contributed by atoms with Crippen LogP contribution in [0, 0.1) is 0 Å². The quantitative estimate of drug-likeness (QED) is 0.443. The van der Waals surface area contributed by atoms with Gasteiger partial charge in [0.2, 0.25) is 5.75 Å². The predicted octanol–water partition coefficient (Wildman–Crippen LogP) is 3.09. The highest BCUT2D eigenvalue weighted by molar-refractivity contribution is 8.18. The van der Waals surface area contributed by atoms with E-state index in [0.29, 0.717) is 24.3 Å². The van der Waals surface area contributed by atoms with E-state index in [9.17, 15) is 19.8 Å². The Kier molecular flexibility index (Phi) is 8.98. The number of thioether (sulfide) groups is 2. The lowest BCUT2D eigenvalue weighted by Gasteiger charge is -2.37. The van der Waals surface area contributed by atoms with E-state index in [0.717, 1.165) is 29.9 Å². The number of aliphatic hydroxyl groups is 1. The summed E-state index contributed by atoms with van der Waals surface area (Å²) >= 11 is 3.57. The van der Waals surface area contributed by atoms with Crippen LogP contribution in [0.2, 0.25) is 0 Å². The zero-order valence-corrected chi connectivity index (χ0v) is 18.3. The van der Waals surface area contributed by atoms with Gasteiger partial charge in [0, 0.05) is 6.42 Å². The molecule has 1 aliphatic rings. The molecule has 1 fully saturated rings. The number of methoxy groups -OCH3 is 2. The SMILES string of the molecule is COc1cc(CCC2(C[C@@H](O)CC(=O)CC(=O)O)SCCCS2)cc(OC)c1O. The number of carboxylic acid groups (broad SMARTS) is 1. The minimum Gasteiger partial charge on any atom is -0.502 e. The van der Waals surface area contributed by atoms with Crippen molar-refractivity contribution in [2.75, 3.05) is 25.7 Å². The predicted molar refractivity (Wildman–Crippen MR) is 114 cm³/mol. The largest absolute Gasteiger partial charge is 0.502 e. The number of Topliss-reactive ketones (excluding diaryl/α,β-unsaturated/α-hetero) is 1. The highest BCUT2D eigenvalue weighted by Gasteiger charge is 2.36. The number of phenols is 1. The molecule has 9 heteroatoms. The zero-order chi connectivity index (χ0) is 21.4. The van der Waals surface area contributed by atoms with Crippen LogP contribution in [0.5, 0.6) is 17.2 Å². The van der Waals surface area contributed by atoms with Crippen LogP contribution < -0.4 is 9.47 Å². The van der Waals surface area contributed by atoms with E-state index in [1.54, 1.807) is 35.7 Å². The van der Waals surface area contributed by atoms with Crippen molar-refractivity contribution in [3.8, 4) is 17.2 Å². The average Bonchev–Trinajstić information content (AvgIpc) is 2.67. The van der Waals surface area contributed by atoms with E-state index < -0.39 is 24.3 Å². The molecule has 1 saturated heterocycles. The minimum atomic E-state index is -1.17. The standard InChI is InChI=1S/C20H28O7S2/c1-26-16-8-13(9-17(27-2)19(16)25)4-5-20(28-6-3-7-29-20)12-15(22)10-14(21)11-18(23)24/h8-9,15,22,25H,3-7,10-12H2,1-2H3,(H,23,24)/t15-/m0/s1. The number of ketones is 1. The van der Waals surface area contributed by atoms with Crippen molar-refractivity contribution in [2.45, 2.75) is 48.7 Å². The van der Waals surface area contributed by atoms with Gasteiger partial charge in [-0.25, -0.2) is 0 Å². The van der Waals surface area contributed by atoms with Gasteiger partial charge in [0.05, 0.1) is 24.4 Å². The summed E-state index contributed by atoms with van der Waals surface area (Å²) in [5.74, 6) is 0.971. The maximum absolute atomic E-state index is 11.8. The normalized spacial score (nSPS) is 16.8. The Morgan fingerprint density at radius 3 is 2.28 bits per heavy atom. The molecule has 0 radical (unpaired) electrons. The van der Waals surface area contributed by atoms with E-state index in [4.69, 9.17) is 14.6 Å². The molecule has 0 aromatic heterocycles. The molecule has 1 aromatic carbocycles. The Balaban J connectivity index is 2.08. The highest BCUT2D eigenvalue weighted by atomic mass is 32.2. The highest BCUT2D eigenvalue weighted by Crippen LogP contribution is 2.49. The number of rotatable bonds is 11. The molecule has 1 aromatic rings. The van der Waals surface area contributed by atoms with Crippen molar-refractivity contribution in [2.24, 2.45) is 0 Å². The number of aromatic hydroxyl groups is 1. The summed E-state index contributed by atoms with van der Waals surface area (Å²) in [4.78, 5) is 22.4. The number of phenolic OH excluding ortho intramolecular Hbond substituents is 1. The van der Waals surface area contributed by atoms with Gasteiger partial charge in [0.25, 0.3) is 0 Å². The van der Waals surface area contributed by atoms with E-state index in [-0.39, 0.29) is 16.2 Å². The fourth-order valence-electron chi connectivity index (χ4n) is 3.34. The Bertz CT molecular complexity index is 692. The van der Waals surface area contributed by atoms with E-state index >= 15 is 0 Å². The topological polar surface area (TPSA) is 113 Å². The third-order valence-electron chi connectivity index (χ3n) is 4.71. The summed E-state index contributed by atoms with van der Waals surface area (Å²) < 4.78 is 10.2. The first-order valence-electron chi connectivity index (χ1n) is 9.42. The van der Waals surface area contributed by atoms with E-state index in [1.165, 1.54) is 14.2 Å². The fraction of sp³-hybridized carbons (Fsp3) is 0.600. The molecule has 1 aliphatic heterocycles. The fourth-order valence-corrected chi connectivity index (χ4v) is 6.79. The number of hydrogen-bond donors (Lipinski definition) is 3. The summed E-state index contributed by atoms with van der Waals surface area (Å²) in [6.45, 7) is 0. The summed E-state index contributed by atoms with van der Waals surface area (Å²) in [5.41, 5.74) is 0.944. The molecule has 1 heterocycles. The number of ether oxygens (including phenoxy) is 2. The minimum absolute atomic E-state index is 0.0396. The maximum Gasteiger partial charge on any atom is 0.310 e. The summed E-state index contributed by atoms with van der Waals surface area (Å²) in [7, 11) is 2.97. The van der Waals surface area contributed by atoms with Crippen LogP contribution >= 0.6 is 23.5 Å². The number of carbonyl (C=O) groups excluding carboxylic acids is 1. The van der Waals surface area contributed by atoms with Crippen LogP contribution in [0.1, 0.15) is 37.7 Å². The Morgan fingerprint density at radius 2 is 1.76 bits per heavy atom. The lowest BCUT2D eigenvalue weighted by molar-refractivity contribution is -0.140. The molecule has 2 rings (SSSR count). The molecule has 162 valence electrons. The van der Waals surface area contributed by atoms with Gasteiger partial charge in [0.15, 0.2) is 11.5 Å². The van der Waals surface area contributed by atoms with Crippen LogP contribution in [0.15, 0.2) is 12.1 Å². The second-order valence-corrected chi connectivity index (χ2v) is 10.2. The number of carboxylic acids is 1. The van der Waals surface area contributed by atoms with Crippen LogP contribution in [0.3, 0.4) is 0 Å². The molecule has 3 N–H and O–H groups in total. The van der Waals surface area contributed by atoms with Gasteiger partial charge in [0.1, 0.15) is 12.2 Å². The van der Waals surface area contributed by atoms with Crippen LogP contribution in [0.4, 0.5) is 0 Å². The average molecular weight is 445 g/mol. The van der Waals surface area contributed by atoms with Gasteiger partial charge in [-0.3, -0.25) is 9.59 Å². The van der Waals surface area contributed by atoms with E-state index in [2.05, 4.69) is 0 Å². The smallest absolute Gasteiger partial charge is 0.310 e. The Hall–Kier alpha value is -1.58. The Morgan fingerprint density at radius 1 is 1.17 bits per heavy atom. The first kappa shape index (κ1) is 23.7. The summed E-state index contributed by atoms with van der Waals surface area (Å²) in [6.07, 6.45) is 1.37. The first-order valence-corrected chi connectivity index (χ1v) is 11.4. The molecular weight excluding hydrogens is 416 g/mol. The number of hydrogen-bond acceptors (Lipinski definition) is 8. The molecule has 0 saturated carbocycles. The summed E-state index contributed by atoms with van der Waals surface area (Å²) in [5, 5.41) is 29.3. The van der Waals surface area contributed by atoms with Crippen molar-refractivity contribution in [3.05, 3.63) is 17.7 Å². The molecule has 0 spiro atoms. The first-order chi connectivity index (χ1) is 13.8. The number of aliphatic hydroxyl groups excluding tert-OH is 1. The van der Waals surface area contributed by atoms with E-state index in [1.807, 2.05) is 0 Å². The molecule has 7 nitrogen and oxygen atoms in total. The number of aliphatic carboxylic acids is 1. The van der Waals surface area contributed by atoms with Crippen molar-refractivity contribution in [1.29, 1.82) is 0 Å². The molecule has 29 heavy (non-hydrogen) atoms. The summed E-state index contributed by atoms with van der Waals surface area (Å²) in [6, 6.07) is 3.55. The van der Waals surface area contributed by atoms with Crippen molar-refractivity contribution >= 4 is 35.3 Å². The van der Waals surface area contributed by atoms with Gasteiger partial charge in [-0.05, 0) is 54.9 Å². The molecule has 1 atom stereocenters. The Labute approximate surface area is 179 Å². The maximum atomic E-state index is 11.8. The third kappa shape index (κ3) is 7.01. The molecule has 0 amide bonds. The monoisotopic (exact) mass is 444 g/mol. The van der Waals surface area contributed by atoms with Gasteiger partial charge in [-0.1, -0.05) is 0 Å². The van der Waals surface area contributed by atoms with Crippen LogP contribution in [-0.4, -0.2) is 63.0 Å². The molecular formula is C20H28O7S2. The third-order valence-corrected chi connectivity index (χ3v) is 8.20. The lowest BCUT2D eigenvalue weighted by atomic mass is 10.0. The van der Waals surface area contributed by atoms with Gasteiger partial charge in [-0.15, -0.1) is 23.5 Å². The van der Waals surface area contributed by atoms with Crippen LogP contribution in [-0.2, 0) is 16.0 Å². The lowest BCUT2D eigenvalue weighted by Crippen LogP contribution is -2.32. The number of aryl methyl sites for hydroxylation is 1. The van der Waals surface area contributed by atoms with Gasteiger partial charge >= 0.3 is 5.97 Å². The second kappa shape index (κ2) is 11.0. The molecule has 0 bridgehead atoms. The van der Waals surface area contributed by atoms with Crippen LogP contribution in [0.25, 0.3) is 0 Å². The van der Waals surface area contributed by atoms with Gasteiger partial charge in [-0.2, -0.15) is 0 Å². The zero-order valence-electron chi connectivity index (χ0n) is 16.7. The number of carbonyl (C=O) groups is 2. The van der Waals surface area contributed by atoms with Gasteiger partial charge < -0.3 is 24.8 Å². The molecule has 0 unspecified atom stereocenters. The number of benzene rings is 1.